The summed E-state index contributed by atoms with van der Waals surface area (Å²) in [6.45, 7) is 0.976. The Kier molecular flexibility index (Phi) is 5.53. The van der Waals surface area contributed by atoms with Crippen molar-refractivity contribution < 1.29 is 18.3 Å². The summed E-state index contributed by atoms with van der Waals surface area (Å²) in [7, 11) is 0.258. The van der Waals surface area contributed by atoms with Gasteiger partial charge in [0, 0.05) is 18.5 Å². The van der Waals surface area contributed by atoms with Crippen LogP contribution in [0.1, 0.15) is 21.5 Å². The Morgan fingerprint density at radius 3 is 2.35 bits per heavy atom. The monoisotopic (exact) mass is 354 g/mol. The molecular formula is C15H18N2O4S2. The molecule has 0 radical (unpaired) electrons. The SMILES string of the molecule is CN(C)Cc1ccc(CNS(=O)(=O)c2cc(C(=O)O)cs2)cc1. The highest BCUT2D eigenvalue weighted by atomic mass is 32.2. The number of aromatic carboxylic acids is 1. The fraction of sp³-hybridized carbons (Fsp3) is 0.267. The van der Waals surface area contributed by atoms with E-state index in [-0.39, 0.29) is 16.3 Å². The van der Waals surface area contributed by atoms with Crippen molar-refractivity contribution in [3.8, 4) is 0 Å². The third-order valence-electron chi connectivity index (χ3n) is 3.08. The zero-order valence-corrected chi connectivity index (χ0v) is 14.4. The fourth-order valence-electron chi connectivity index (χ4n) is 1.95. The van der Waals surface area contributed by atoms with E-state index in [0.29, 0.717) is 0 Å². The molecule has 0 amide bonds. The third-order valence-corrected chi connectivity index (χ3v) is 5.92. The minimum absolute atomic E-state index is 0.000807. The largest absolute Gasteiger partial charge is 0.478 e. The van der Waals surface area contributed by atoms with Gasteiger partial charge in [-0.3, -0.25) is 0 Å². The Morgan fingerprint density at radius 2 is 1.83 bits per heavy atom. The number of carboxylic acids is 1. The van der Waals surface area contributed by atoms with E-state index in [1.807, 2.05) is 38.4 Å². The van der Waals surface area contributed by atoms with Crippen LogP contribution in [0, 0.1) is 0 Å². The van der Waals surface area contributed by atoms with Crippen molar-refractivity contribution in [3.63, 3.8) is 0 Å². The highest BCUT2D eigenvalue weighted by Crippen LogP contribution is 2.20. The molecule has 0 saturated carbocycles. The van der Waals surface area contributed by atoms with Gasteiger partial charge in [-0.25, -0.2) is 17.9 Å². The van der Waals surface area contributed by atoms with Gasteiger partial charge < -0.3 is 10.0 Å². The van der Waals surface area contributed by atoms with E-state index in [4.69, 9.17) is 5.11 Å². The van der Waals surface area contributed by atoms with E-state index in [1.165, 1.54) is 5.38 Å². The predicted molar refractivity (Wildman–Crippen MR) is 89.1 cm³/mol. The third kappa shape index (κ3) is 4.87. The Bertz CT molecular complexity index is 780. The van der Waals surface area contributed by atoms with Crippen molar-refractivity contribution >= 4 is 27.3 Å². The first-order chi connectivity index (χ1) is 10.8. The minimum Gasteiger partial charge on any atom is -0.478 e. The molecule has 0 spiro atoms. The number of nitrogens with zero attached hydrogens (tertiary/aromatic N) is 1. The summed E-state index contributed by atoms with van der Waals surface area (Å²) < 4.78 is 26.8. The molecule has 0 bridgehead atoms. The summed E-state index contributed by atoms with van der Waals surface area (Å²) >= 11 is 0.892. The first-order valence-corrected chi connectivity index (χ1v) is 9.18. The first kappa shape index (κ1) is 17.6. The highest BCUT2D eigenvalue weighted by molar-refractivity contribution is 7.91. The van der Waals surface area contributed by atoms with Crippen molar-refractivity contribution in [2.24, 2.45) is 0 Å². The molecule has 6 nitrogen and oxygen atoms in total. The molecule has 1 aromatic heterocycles. The van der Waals surface area contributed by atoms with Crippen LogP contribution in [0.5, 0.6) is 0 Å². The van der Waals surface area contributed by atoms with Crippen LogP contribution in [-0.4, -0.2) is 38.5 Å². The molecule has 0 atom stereocenters. The molecule has 8 heteroatoms. The van der Waals surface area contributed by atoms with Crippen LogP contribution in [-0.2, 0) is 23.1 Å². The molecule has 2 rings (SSSR count). The molecule has 0 aliphatic rings. The lowest BCUT2D eigenvalue weighted by Gasteiger charge is -2.10. The van der Waals surface area contributed by atoms with E-state index in [2.05, 4.69) is 9.62 Å². The van der Waals surface area contributed by atoms with Crippen molar-refractivity contribution in [2.45, 2.75) is 17.3 Å². The van der Waals surface area contributed by atoms with Gasteiger partial charge in [0.15, 0.2) is 0 Å². The number of rotatable bonds is 7. The zero-order valence-electron chi connectivity index (χ0n) is 12.8. The molecule has 0 saturated heterocycles. The summed E-state index contributed by atoms with van der Waals surface area (Å²) in [6.07, 6.45) is 0. The maximum Gasteiger partial charge on any atom is 0.336 e. The molecule has 0 aliphatic heterocycles. The van der Waals surface area contributed by atoms with E-state index in [0.717, 1.165) is 35.1 Å². The normalized spacial score (nSPS) is 11.8. The van der Waals surface area contributed by atoms with Crippen LogP contribution in [0.25, 0.3) is 0 Å². The van der Waals surface area contributed by atoms with Crippen molar-refractivity contribution in [2.75, 3.05) is 14.1 Å². The lowest BCUT2D eigenvalue weighted by Crippen LogP contribution is -2.22. The molecule has 2 N–H and O–H groups in total. The van der Waals surface area contributed by atoms with Crippen LogP contribution in [0.15, 0.2) is 39.9 Å². The van der Waals surface area contributed by atoms with E-state index >= 15 is 0 Å². The van der Waals surface area contributed by atoms with Gasteiger partial charge in [0.25, 0.3) is 0 Å². The van der Waals surface area contributed by atoms with Crippen LogP contribution in [0.4, 0.5) is 0 Å². The number of carboxylic acid groups (broad SMARTS) is 1. The zero-order chi connectivity index (χ0) is 17.0. The summed E-state index contributed by atoms with van der Waals surface area (Å²) in [4.78, 5) is 12.9. The summed E-state index contributed by atoms with van der Waals surface area (Å²) in [5.74, 6) is -1.14. The number of benzene rings is 1. The summed E-state index contributed by atoms with van der Waals surface area (Å²) in [5.41, 5.74) is 1.96. The van der Waals surface area contributed by atoms with Crippen molar-refractivity contribution in [1.82, 2.24) is 9.62 Å². The molecule has 0 unspecified atom stereocenters. The lowest BCUT2D eigenvalue weighted by atomic mass is 10.1. The van der Waals surface area contributed by atoms with Gasteiger partial charge in [0.2, 0.25) is 10.0 Å². The molecule has 23 heavy (non-hydrogen) atoms. The van der Waals surface area contributed by atoms with Crippen LogP contribution < -0.4 is 4.72 Å². The van der Waals surface area contributed by atoms with Gasteiger partial charge in [-0.15, -0.1) is 11.3 Å². The molecular weight excluding hydrogens is 336 g/mol. The number of carbonyl (C=O) groups is 1. The fourth-order valence-corrected chi connectivity index (χ4v) is 4.16. The van der Waals surface area contributed by atoms with Gasteiger partial charge >= 0.3 is 5.97 Å². The van der Waals surface area contributed by atoms with Gasteiger partial charge in [-0.2, -0.15) is 0 Å². The Morgan fingerprint density at radius 1 is 1.22 bits per heavy atom. The minimum atomic E-state index is -3.70. The summed E-state index contributed by atoms with van der Waals surface area (Å²) in [6, 6.07) is 8.82. The van der Waals surface area contributed by atoms with E-state index < -0.39 is 16.0 Å². The molecule has 124 valence electrons. The maximum absolute atomic E-state index is 12.2. The van der Waals surface area contributed by atoms with Gasteiger partial charge in [0.05, 0.1) is 5.56 Å². The van der Waals surface area contributed by atoms with E-state index in [9.17, 15) is 13.2 Å². The smallest absolute Gasteiger partial charge is 0.336 e. The lowest BCUT2D eigenvalue weighted by molar-refractivity contribution is 0.0697. The van der Waals surface area contributed by atoms with Crippen molar-refractivity contribution in [1.29, 1.82) is 0 Å². The average molecular weight is 354 g/mol. The second-order valence-electron chi connectivity index (χ2n) is 5.34. The molecule has 2 aromatic rings. The molecule has 1 heterocycles. The van der Waals surface area contributed by atoms with Gasteiger partial charge in [-0.05, 0) is 31.3 Å². The van der Waals surface area contributed by atoms with Crippen LogP contribution in [0.2, 0.25) is 0 Å². The number of nitrogens with one attached hydrogen (secondary N) is 1. The Hall–Kier alpha value is -1.74. The van der Waals surface area contributed by atoms with Gasteiger partial charge in [-0.1, -0.05) is 24.3 Å². The summed E-state index contributed by atoms with van der Waals surface area (Å²) in [5, 5.41) is 10.2. The average Bonchev–Trinajstić information content (AvgIpc) is 2.97. The highest BCUT2D eigenvalue weighted by Gasteiger charge is 2.18. The van der Waals surface area contributed by atoms with Crippen molar-refractivity contribution in [3.05, 3.63) is 52.4 Å². The standard InChI is InChI=1S/C15H18N2O4S2/c1-17(2)9-12-5-3-11(4-6-12)8-16-23(20,21)14-7-13(10-22-14)15(18)19/h3-7,10,16H,8-9H2,1-2H3,(H,18,19). The molecule has 0 aliphatic carbocycles. The van der Waals surface area contributed by atoms with Gasteiger partial charge in [0.1, 0.15) is 4.21 Å². The van der Waals surface area contributed by atoms with Crippen LogP contribution >= 0.6 is 11.3 Å². The Balaban J connectivity index is 2.02. The second kappa shape index (κ2) is 7.22. The number of sulfonamides is 1. The number of hydrogen-bond acceptors (Lipinski definition) is 5. The van der Waals surface area contributed by atoms with Crippen LogP contribution in [0.3, 0.4) is 0 Å². The molecule has 1 aromatic carbocycles. The second-order valence-corrected chi connectivity index (χ2v) is 8.24. The quantitative estimate of drug-likeness (QED) is 0.794. The topological polar surface area (TPSA) is 86.7 Å². The Labute approximate surface area is 139 Å². The predicted octanol–water partition coefficient (Wildman–Crippen LogP) is 1.99. The first-order valence-electron chi connectivity index (χ1n) is 6.82. The number of thiophene rings is 1. The molecule has 0 fully saturated rings. The maximum atomic E-state index is 12.2. The van der Waals surface area contributed by atoms with E-state index in [1.54, 1.807) is 0 Å². The number of hydrogen-bond donors (Lipinski definition) is 2.